The van der Waals surface area contributed by atoms with Crippen LogP contribution in [0, 0.1) is 0 Å². The van der Waals surface area contributed by atoms with Gasteiger partial charge in [-0.15, -0.1) is 0 Å². The third-order valence-electron chi connectivity index (χ3n) is 0.495. The van der Waals surface area contributed by atoms with E-state index in [-0.39, 0.29) is 0 Å². The summed E-state index contributed by atoms with van der Waals surface area (Å²) in [5.41, 5.74) is 0. The van der Waals surface area contributed by atoms with Gasteiger partial charge in [0.15, 0.2) is 0 Å². The van der Waals surface area contributed by atoms with Gasteiger partial charge in [0, 0.05) is 6.42 Å². The Morgan fingerprint density at radius 2 is 2.43 bits per heavy atom. The van der Waals surface area contributed by atoms with E-state index < -0.39 is 0 Å². The maximum atomic E-state index is 9.64. The minimum absolute atomic E-state index is 0.511. The van der Waals surface area contributed by atoms with Crippen molar-refractivity contribution in [3.63, 3.8) is 0 Å². The third kappa shape index (κ3) is 5.89. The number of aldehydes is 1. The Labute approximate surface area is 51.5 Å². The first-order chi connectivity index (χ1) is 3.27. The molecular weight excluding hydrogens is 156 g/mol. The molecular formula is C5H7BrO. The quantitative estimate of drug-likeness (QED) is 0.568. The number of halogens is 1. The molecule has 0 amide bonds. The second-order valence-electron chi connectivity index (χ2n) is 1.19. The first-order valence-corrected chi connectivity index (χ1v) is 2.82. The van der Waals surface area contributed by atoms with Gasteiger partial charge in [0.25, 0.3) is 0 Å². The molecule has 0 rings (SSSR count). The molecule has 0 radical (unpaired) electrons. The van der Waals surface area contributed by atoms with Gasteiger partial charge in [-0.3, -0.25) is 0 Å². The summed E-state index contributed by atoms with van der Waals surface area (Å²) in [4.78, 5) is 9.64. The number of hydrogen-bond donors (Lipinski definition) is 0. The molecule has 0 atom stereocenters. The van der Waals surface area contributed by atoms with Crippen LogP contribution in [-0.2, 0) is 4.79 Å². The molecule has 0 aliphatic rings. The first-order valence-electron chi connectivity index (χ1n) is 2.03. The van der Waals surface area contributed by atoms with E-state index in [1.165, 1.54) is 0 Å². The summed E-state index contributed by atoms with van der Waals surface area (Å²) in [5.74, 6) is 0. The van der Waals surface area contributed by atoms with Crippen molar-refractivity contribution in [2.75, 3.05) is 0 Å². The maximum absolute atomic E-state index is 9.64. The summed E-state index contributed by atoms with van der Waals surface area (Å²) in [6.45, 7) is 1.89. The lowest BCUT2D eigenvalue weighted by Gasteiger charge is -1.77. The molecule has 0 heterocycles. The number of carbonyl (C=O) groups excluding carboxylic acids is 1. The van der Waals surface area contributed by atoms with Crippen molar-refractivity contribution in [1.82, 2.24) is 0 Å². The molecule has 0 N–H and O–H groups in total. The standard InChI is InChI=1S/C5H7BrO/c1-5(6)3-2-4-7/h3-4H,2H2,1H3/b5-3+. The largest absolute Gasteiger partial charge is 0.303 e. The lowest BCUT2D eigenvalue weighted by molar-refractivity contribution is -0.107. The van der Waals surface area contributed by atoms with Gasteiger partial charge in [0.1, 0.15) is 6.29 Å². The van der Waals surface area contributed by atoms with Crippen LogP contribution in [0.3, 0.4) is 0 Å². The normalized spacial score (nSPS) is 11.4. The van der Waals surface area contributed by atoms with Crippen molar-refractivity contribution in [2.45, 2.75) is 13.3 Å². The molecule has 40 valence electrons. The van der Waals surface area contributed by atoms with E-state index in [1.807, 2.05) is 13.0 Å². The fraction of sp³-hybridized carbons (Fsp3) is 0.400. The molecule has 0 unspecified atom stereocenters. The van der Waals surface area contributed by atoms with Crippen molar-refractivity contribution < 1.29 is 4.79 Å². The Hall–Kier alpha value is -0.110. The zero-order chi connectivity index (χ0) is 5.70. The summed E-state index contributed by atoms with van der Waals surface area (Å²) in [5, 5.41) is 0. The van der Waals surface area contributed by atoms with E-state index in [0.29, 0.717) is 6.42 Å². The molecule has 0 saturated carbocycles. The lowest BCUT2D eigenvalue weighted by Crippen LogP contribution is -1.65. The fourth-order valence-electron chi connectivity index (χ4n) is 0.211. The van der Waals surface area contributed by atoms with Gasteiger partial charge in [-0.2, -0.15) is 0 Å². The van der Waals surface area contributed by atoms with Crippen LogP contribution >= 0.6 is 15.9 Å². The topological polar surface area (TPSA) is 17.1 Å². The Balaban J connectivity index is 3.25. The summed E-state index contributed by atoms with van der Waals surface area (Å²) in [6.07, 6.45) is 3.19. The van der Waals surface area contributed by atoms with Gasteiger partial charge in [-0.25, -0.2) is 0 Å². The van der Waals surface area contributed by atoms with Crippen LogP contribution in [-0.4, -0.2) is 6.29 Å². The number of hydrogen-bond acceptors (Lipinski definition) is 1. The summed E-state index contributed by atoms with van der Waals surface area (Å²) in [7, 11) is 0. The highest BCUT2D eigenvalue weighted by Gasteiger charge is 1.74. The highest BCUT2D eigenvalue weighted by atomic mass is 79.9. The summed E-state index contributed by atoms with van der Waals surface area (Å²) >= 11 is 3.18. The van der Waals surface area contributed by atoms with Crippen molar-refractivity contribution >= 4 is 22.2 Å². The molecule has 7 heavy (non-hydrogen) atoms. The van der Waals surface area contributed by atoms with Gasteiger partial charge < -0.3 is 4.79 Å². The molecule has 1 nitrogen and oxygen atoms in total. The van der Waals surface area contributed by atoms with Crippen molar-refractivity contribution in [3.05, 3.63) is 10.6 Å². The molecule has 0 spiro atoms. The summed E-state index contributed by atoms with van der Waals surface area (Å²) in [6, 6.07) is 0. The lowest BCUT2D eigenvalue weighted by atomic mass is 10.4. The number of allylic oxidation sites excluding steroid dienone is 2. The minimum atomic E-state index is 0.511. The summed E-state index contributed by atoms with van der Waals surface area (Å²) < 4.78 is 1.01. The Morgan fingerprint density at radius 1 is 1.86 bits per heavy atom. The average Bonchev–Trinajstić information content (AvgIpc) is 1.61. The Bertz CT molecular complexity index is 82.1. The van der Waals surface area contributed by atoms with Crippen LogP contribution in [0.4, 0.5) is 0 Å². The van der Waals surface area contributed by atoms with E-state index in [2.05, 4.69) is 15.9 Å². The molecule has 0 aliphatic carbocycles. The van der Waals surface area contributed by atoms with Gasteiger partial charge in [0.05, 0.1) is 0 Å². The van der Waals surface area contributed by atoms with Crippen LogP contribution in [0.1, 0.15) is 13.3 Å². The van der Waals surface area contributed by atoms with E-state index in [9.17, 15) is 4.79 Å². The SMILES string of the molecule is C/C(Br)=C\CC=O. The zero-order valence-corrected chi connectivity index (χ0v) is 5.73. The minimum Gasteiger partial charge on any atom is -0.303 e. The molecule has 0 aromatic heterocycles. The van der Waals surface area contributed by atoms with Gasteiger partial charge in [-0.1, -0.05) is 22.0 Å². The van der Waals surface area contributed by atoms with Crippen LogP contribution < -0.4 is 0 Å². The fourth-order valence-corrected chi connectivity index (χ4v) is 0.397. The third-order valence-corrected chi connectivity index (χ3v) is 0.819. The number of rotatable bonds is 2. The second-order valence-corrected chi connectivity index (χ2v) is 2.44. The highest BCUT2D eigenvalue weighted by molar-refractivity contribution is 9.11. The molecule has 0 aromatic rings. The maximum Gasteiger partial charge on any atom is 0.123 e. The smallest absolute Gasteiger partial charge is 0.123 e. The molecule has 0 aliphatic heterocycles. The predicted octanol–water partition coefficient (Wildman–Crippen LogP) is 1.87. The van der Waals surface area contributed by atoms with E-state index >= 15 is 0 Å². The molecule has 2 heteroatoms. The zero-order valence-electron chi connectivity index (χ0n) is 4.15. The molecule has 0 fully saturated rings. The van der Waals surface area contributed by atoms with E-state index in [4.69, 9.17) is 0 Å². The van der Waals surface area contributed by atoms with Crippen molar-refractivity contribution in [1.29, 1.82) is 0 Å². The van der Waals surface area contributed by atoms with Crippen LogP contribution in [0.25, 0.3) is 0 Å². The van der Waals surface area contributed by atoms with Gasteiger partial charge in [-0.05, 0) is 11.4 Å². The average molecular weight is 163 g/mol. The van der Waals surface area contributed by atoms with Crippen molar-refractivity contribution in [2.24, 2.45) is 0 Å². The van der Waals surface area contributed by atoms with E-state index in [0.717, 1.165) is 10.8 Å². The second kappa shape index (κ2) is 4.06. The first kappa shape index (κ1) is 6.89. The van der Waals surface area contributed by atoms with Crippen LogP contribution in [0.15, 0.2) is 10.6 Å². The number of carbonyl (C=O) groups is 1. The predicted molar refractivity (Wildman–Crippen MR) is 33.4 cm³/mol. The Kier molecular flexibility index (Phi) is 4.00. The van der Waals surface area contributed by atoms with Crippen LogP contribution in [0.5, 0.6) is 0 Å². The van der Waals surface area contributed by atoms with Gasteiger partial charge in [0.2, 0.25) is 0 Å². The molecule has 0 aromatic carbocycles. The highest BCUT2D eigenvalue weighted by Crippen LogP contribution is 2.01. The van der Waals surface area contributed by atoms with Crippen molar-refractivity contribution in [3.8, 4) is 0 Å². The molecule has 0 saturated heterocycles. The monoisotopic (exact) mass is 162 g/mol. The van der Waals surface area contributed by atoms with Crippen LogP contribution in [0.2, 0.25) is 0 Å². The van der Waals surface area contributed by atoms with E-state index in [1.54, 1.807) is 0 Å². The van der Waals surface area contributed by atoms with Gasteiger partial charge >= 0.3 is 0 Å². The Morgan fingerprint density at radius 3 is 2.57 bits per heavy atom. The molecule has 0 bridgehead atoms.